The molecule has 6 heteroatoms. The standard InChI is InChI=1S/C9H12ClN5/c1-3-5-11-8-13-7(10)14-9(15-8)12-6-4-2/h1H,4-6H2,2H3,(H2,11,12,13,14,15). The highest BCUT2D eigenvalue weighted by molar-refractivity contribution is 6.28. The highest BCUT2D eigenvalue weighted by Crippen LogP contribution is 2.08. The van der Waals surface area contributed by atoms with Gasteiger partial charge in [-0.2, -0.15) is 15.0 Å². The normalized spacial score (nSPS) is 9.40. The molecule has 0 aliphatic heterocycles. The van der Waals surface area contributed by atoms with E-state index in [1.165, 1.54) is 0 Å². The minimum Gasteiger partial charge on any atom is -0.354 e. The first-order chi connectivity index (χ1) is 7.26. The van der Waals surface area contributed by atoms with E-state index >= 15 is 0 Å². The summed E-state index contributed by atoms with van der Waals surface area (Å²) in [5, 5.41) is 5.98. The second-order valence-electron chi connectivity index (χ2n) is 2.74. The number of terminal acetylenes is 1. The Hall–Kier alpha value is -1.54. The molecule has 1 heterocycles. The zero-order valence-corrected chi connectivity index (χ0v) is 9.17. The van der Waals surface area contributed by atoms with Gasteiger partial charge in [-0.05, 0) is 18.0 Å². The maximum absolute atomic E-state index is 5.71. The average molecular weight is 226 g/mol. The van der Waals surface area contributed by atoms with Gasteiger partial charge in [0, 0.05) is 6.54 Å². The van der Waals surface area contributed by atoms with E-state index in [2.05, 4.69) is 31.5 Å². The Balaban J connectivity index is 2.71. The maximum Gasteiger partial charge on any atom is 0.229 e. The number of rotatable bonds is 5. The molecule has 0 unspecified atom stereocenters. The van der Waals surface area contributed by atoms with Crippen molar-refractivity contribution in [1.82, 2.24) is 15.0 Å². The second kappa shape index (κ2) is 6.04. The van der Waals surface area contributed by atoms with Crippen LogP contribution >= 0.6 is 11.6 Å². The van der Waals surface area contributed by atoms with Gasteiger partial charge in [-0.15, -0.1) is 6.42 Å². The zero-order valence-electron chi connectivity index (χ0n) is 8.42. The fourth-order valence-electron chi connectivity index (χ4n) is 0.875. The first-order valence-corrected chi connectivity index (χ1v) is 4.97. The van der Waals surface area contributed by atoms with E-state index in [-0.39, 0.29) is 5.28 Å². The van der Waals surface area contributed by atoms with Gasteiger partial charge in [-0.3, -0.25) is 0 Å². The van der Waals surface area contributed by atoms with Crippen LogP contribution in [0.15, 0.2) is 0 Å². The molecule has 0 radical (unpaired) electrons. The largest absolute Gasteiger partial charge is 0.354 e. The summed E-state index contributed by atoms with van der Waals surface area (Å²) in [6.45, 7) is 3.19. The predicted octanol–water partition coefficient (Wildman–Crippen LogP) is 1.39. The molecule has 1 rings (SSSR count). The van der Waals surface area contributed by atoms with E-state index < -0.39 is 0 Å². The molecule has 0 aromatic carbocycles. The number of anilines is 2. The third-order valence-corrected chi connectivity index (χ3v) is 1.66. The Bertz CT molecular complexity index is 360. The van der Waals surface area contributed by atoms with Crippen LogP contribution in [0.2, 0.25) is 5.28 Å². The molecule has 80 valence electrons. The maximum atomic E-state index is 5.71. The van der Waals surface area contributed by atoms with Crippen LogP contribution in [0, 0.1) is 12.3 Å². The Morgan fingerprint density at radius 2 is 1.93 bits per heavy atom. The summed E-state index contributed by atoms with van der Waals surface area (Å²) in [6.07, 6.45) is 6.08. The van der Waals surface area contributed by atoms with Gasteiger partial charge in [0.1, 0.15) is 0 Å². The summed E-state index contributed by atoms with van der Waals surface area (Å²) in [6, 6.07) is 0. The minimum absolute atomic E-state index is 0.142. The Kier molecular flexibility index (Phi) is 4.64. The van der Waals surface area contributed by atoms with Crippen LogP contribution in [-0.4, -0.2) is 28.0 Å². The average Bonchev–Trinajstić information content (AvgIpc) is 2.23. The van der Waals surface area contributed by atoms with Gasteiger partial charge in [0.25, 0.3) is 0 Å². The lowest BCUT2D eigenvalue weighted by atomic mass is 10.5. The van der Waals surface area contributed by atoms with Gasteiger partial charge in [-0.25, -0.2) is 0 Å². The molecule has 0 aliphatic carbocycles. The van der Waals surface area contributed by atoms with Gasteiger partial charge < -0.3 is 10.6 Å². The van der Waals surface area contributed by atoms with E-state index in [4.69, 9.17) is 18.0 Å². The van der Waals surface area contributed by atoms with Crippen molar-refractivity contribution in [2.45, 2.75) is 13.3 Å². The summed E-state index contributed by atoms with van der Waals surface area (Å²) >= 11 is 5.71. The monoisotopic (exact) mass is 225 g/mol. The lowest BCUT2D eigenvalue weighted by Gasteiger charge is -2.05. The Labute approximate surface area is 93.7 Å². The zero-order chi connectivity index (χ0) is 11.1. The topological polar surface area (TPSA) is 62.7 Å². The van der Waals surface area contributed by atoms with Gasteiger partial charge in [0.15, 0.2) is 0 Å². The van der Waals surface area contributed by atoms with Crippen LogP contribution in [0.1, 0.15) is 13.3 Å². The van der Waals surface area contributed by atoms with E-state index in [0.29, 0.717) is 18.4 Å². The van der Waals surface area contributed by atoms with Crippen LogP contribution in [-0.2, 0) is 0 Å². The molecule has 0 aliphatic rings. The lowest BCUT2D eigenvalue weighted by Crippen LogP contribution is -2.09. The van der Waals surface area contributed by atoms with Crippen LogP contribution in [0.25, 0.3) is 0 Å². The number of nitrogens with zero attached hydrogens (tertiary/aromatic N) is 3. The van der Waals surface area contributed by atoms with Crippen LogP contribution < -0.4 is 10.6 Å². The molecule has 0 saturated carbocycles. The van der Waals surface area contributed by atoms with Crippen molar-refractivity contribution in [3.8, 4) is 12.3 Å². The Morgan fingerprint density at radius 3 is 2.53 bits per heavy atom. The van der Waals surface area contributed by atoms with Crippen molar-refractivity contribution in [2.75, 3.05) is 23.7 Å². The van der Waals surface area contributed by atoms with Gasteiger partial charge in [0.2, 0.25) is 17.2 Å². The molecule has 15 heavy (non-hydrogen) atoms. The molecule has 0 spiro atoms. The van der Waals surface area contributed by atoms with Crippen molar-refractivity contribution in [3.05, 3.63) is 5.28 Å². The molecule has 0 atom stereocenters. The van der Waals surface area contributed by atoms with E-state index in [9.17, 15) is 0 Å². The molecule has 1 aromatic heterocycles. The summed E-state index contributed by atoms with van der Waals surface area (Å²) in [5.41, 5.74) is 0. The molecule has 0 fully saturated rings. The number of nitrogens with one attached hydrogen (secondary N) is 2. The van der Waals surface area contributed by atoms with Crippen molar-refractivity contribution >= 4 is 23.5 Å². The lowest BCUT2D eigenvalue weighted by molar-refractivity contribution is 0.938. The SMILES string of the molecule is C#CCNc1nc(Cl)nc(NCCC)n1. The first-order valence-electron chi connectivity index (χ1n) is 4.59. The number of aromatic nitrogens is 3. The van der Waals surface area contributed by atoms with Crippen LogP contribution in [0.4, 0.5) is 11.9 Å². The van der Waals surface area contributed by atoms with Crippen molar-refractivity contribution in [2.24, 2.45) is 0 Å². The third kappa shape index (κ3) is 4.00. The predicted molar refractivity (Wildman–Crippen MR) is 60.9 cm³/mol. The molecular formula is C9H12ClN5. The molecule has 2 N–H and O–H groups in total. The molecule has 0 amide bonds. The number of hydrogen-bond donors (Lipinski definition) is 2. The van der Waals surface area contributed by atoms with E-state index in [1.807, 2.05) is 6.92 Å². The summed E-state index contributed by atoms with van der Waals surface area (Å²) in [4.78, 5) is 11.9. The fraction of sp³-hybridized carbons (Fsp3) is 0.444. The molecular weight excluding hydrogens is 214 g/mol. The van der Waals surface area contributed by atoms with Crippen molar-refractivity contribution in [3.63, 3.8) is 0 Å². The third-order valence-electron chi connectivity index (χ3n) is 1.49. The number of halogens is 1. The van der Waals surface area contributed by atoms with Gasteiger partial charge >= 0.3 is 0 Å². The smallest absolute Gasteiger partial charge is 0.229 e. The quantitative estimate of drug-likeness (QED) is 0.742. The van der Waals surface area contributed by atoms with Crippen molar-refractivity contribution in [1.29, 1.82) is 0 Å². The first kappa shape index (κ1) is 11.5. The second-order valence-corrected chi connectivity index (χ2v) is 3.07. The molecule has 0 bridgehead atoms. The molecule has 1 aromatic rings. The summed E-state index contributed by atoms with van der Waals surface area (Å²) < 4.78 is 0. The minimum atomic E-state index is 0.142. The summed E-state index contributed by atoms with van der Waals surface area (Å²) in [5.74, 6) is 3.26. The summed E-state index contributed by atoms with van der Waals surface area (Å²) in [7, 11) is 0. The fourth-order valence-corrected chi connectivity index (χ4v) is 1.04. The van der Waals surface area contributed by atoms with E-state index in [1.54, 1.807) is 0 Å². The van der Waals surface area contributed by atoms with Crippen LogP contribution in [0.3, 0.4) is 0 Å². The van der Waals surface area contributed by atoms with Gasteiger partial charge in [0.05, 0.1) is 6.54 Å². The highest BCUT2D eigenvalue weighted by atomic mass is 35.5. The van der Waals surface area contributed by atoms with E-state index in [0.717, 1.165) is 13.0 Å². The number of hydrogen-bond acceptors (Lipinski definition) is 5. The van der Waals surface area contributed by atoms with Crippen molar-refractivity contribution < 1.29 is 0 Å². The van der Waals surface area contributed by atoms with Crippen LogP contribution in [0.5, 0.6) is 0 Å². The highest BCUT2D eigenvalue weighted by Gasteiger charge is 2.02. The molecule has 0 saturated heterocycles. The molecule has 5 nitrogen and oxygen atoms in total. The Morgan fingerprint density at radius 1 is 1.27 bits per heavy atom. The van der Waals surface area contributed by atoms with Gasteiger partial charge in [-0.1, -0.05) is 12.8 Å².